The van der Waals surface area contributed by atoms with Gasteiger partial charge in [0.15, 0.2) is 0 Å². The van der Waals surface area contributed by atoms with Crippen LogP contribution in [0.4, 0.5) is 10.1 Å². The van der Waals surface area contributed by atoms with E-state index in [9.17, 15) is 14.5 Å². The van der Waals surface area contributed by atoms with Gasteiger partial charge in [0.2, 0.25) is 5.82 Å². The van der Waals surface area contributed by atoms with Gasteiger partial charge in [-0.3, -0.25) is 10.1 Å². The van der Waals surface area contributed by atoms with E-state index in [1.165, 1.54) is 0 Å². The van der Waals surface area contributed by atoms with Crippen LogP contribution in [0, 0.1) is 38.6 Å². The van der Waals surface area contributed by atoms with E-state index in [2.05, 4.69) is 15.9 Å². The maximum atomic E-state index is 13.3. The van der Waals surface area contributed by atoms with Crippen molar-refractivity contribution >= 4 is 27.7 Å². The summed E-state index contributed by atoms with van der Waals surface area (Å²) in [5.41, 5.74) is -0.713. The van der Waals surface area contributed by atoms with Crippen LogP contribution in [0.15, 0.2) is 22.2 Å². The summed E-state index contributed by atoms with van der Waals surface area (Å²) < 4.78 is 13.5. The van der Waals surface area contributed by atoms with Gasteiger partial charge in [-0.25, -0.2) is 0 Å². The molecule has 1 aromatic carbocycles. The first-order chi connectivity index (χ1) is 7.99. The topological polar surface area (TPSA) is 90.7 Å². The molecular weight excluding hydrogens is 293 g/mol. The normalized spacial score (nSPS) is 8.94. The summed E-state index contributed by atoms with van der Waals surface area (Å²) in [5.74, 6) is -1.03. The Bertz CT molecular complexity index is 583. The third kappa shape index (κ3) is 2.86. The molecule has 17 heavy (non-hydrogen) atoms. The van der Waals surface area contributed by atoms with E-state index in [1.54, 1.807) is 12.1 Å². The number of nitro groups is 1. The Morgan fingerprint density at radius 2 is 2.06 bits per heavy atom. The number of nitrogens with zero attached hydrogens (tertiary/aromatic N) is 3. The predicted octanol–water partition coefficient (Wildman–Crippen LogP) is 2.93. The fraction of sp³-hybridized carbons (Fsp3) is 0. The van der Waals surface area contributed by atoms with Crippen molar-refractivity contribution in [3.63, 3.8) is 0 Å². The van der Waals surface area contributed by atoms with Crippen molar-refractivity contribution in [1.82, 2.24) is 0 Å². The first-order valence-corrected chi connectivity index (χ1v) is 4.94. The van der Waals surface area contributed by atoms with Crippen molar-refractivity contribution in [2.45, 2.75) is 0 Å². The maximum absolute atomic E-state index is 13.3. The average molecular weight is 296 g/mol. The number of hydrogen-bond donors (Lipinski definition) is 0. The molecule has 0 saturated heterocycles. The Kier molecular flexibility index (Phi) is 3.91. The monoisotopic (exact) mass is 295 g/mol. The van der Waals surface area contributed by atoms with Crippen molar-refractivity contribution < 1.29 is 9.31 Å². The first-order valence-electron chi connectivity index (χ1n) is 4.15. The van der Waals surface area contributed by atoms with Crippen molar-refractivity contribution in [1.29, 1.82) is 10.5 Å². The van der Waals surface area contributed by atoms with E-state index in [4.69, 9.17) is 10.5 Å². The standard InChI is InChI=1S/C10H3BrFN3O2/c11-8-3-10(15(16)17)9(12)2-7(8)1-6(4-13)5-14/h1-3H. The highest BCUT2D eigenvalue weighted by molar-refractivity contribution is 9.10. The third-order valence-electron chi connectivity index (χ3n) is 1.80. The molecule has 0 unspecified atom stereocenters. The fourth-order valence-corrected chi connectivity index (χ4v) is 1.49. The number of hydrogen-bond acceptors (Lipinski definition) is 4. The highest BCUT2D eigenvalue weighted by Gasteiger charge is 2.16. The lowest BCUT2D eigenvalue weighted by atomic mass is 10.1. The van der Waals surface area contributed by atoms with Gasteiger partial charge in [-0.15, -0.1) is 0 Å². The molecular formula is C10H3BrFN3O2. The smallest absolute Gasteiger partial charge is 0.258 e. The number of nitriles is 2. The lowest BCUT2D eigenvalue weighted by Gasteiger charge is -2.00. The highest BCUT2D eigenvalue weighted by Crippen LogP contribution is 2.27. The Balaban J connectivity index is 3.37. The van der Waals surface area contributed by atoms with Crippen molar-refractivity contribution in [2.24, 2.45) is 0 Å². The molecule has 0 atom stereocenters. The lowest BCUT2D eigenvalue weighted by molar-refractivity contribution is -0.387. The third-order valence-corrected chi connectivity index (χ3v) is 2.49. The van der Waals surface area contributed by atoms with Gasteiger partial charge in [-0.05, 0) is 33.6 Å². The molecule has 0 aliphatic rings. The highest BCUT2D eigenvalue weighted by atomic mass is 79.9. The van der Waals surface area contributed by atoms with E-state index in [-0.39, 0.29) is 15.6 Å². The summed E-state index contributed by atoms with van der Waals surface area (Å²) in [5, 5.41) is 27.5. The Morgan fingerprint density at radius 1 is 1.47 bits per heavy atom. The molecule has 0 aromatic heterocycles. The molecule has 0 saturated carbocycles. The number of allylic oxidation sites excluding steroid dienone is 1. The zero-order valence-electron chi connectivity index (χ0n) is 8.15. The quantitative estimate of drug-likeness (QED) is 0.476. The summed E-state index contributed by atoms with van der Waals surface area (Å²) in [6, 6.07) is 5.08. The number of halogens is 2. The molecule has 0 spiro atoms. The molecule has 84 valence electrons. The lowest BCUT2D eigenvalue weighted by Crippen LogP contribution is -1.94. The van der Waals surface area contributed by atoms with Gasteiger partial charge in [0.1, 0.15) is 17.7 Å². The molecule has 1 aromatic rings. The molecule has 0 bridgehead atoms. The Hall–Kier alpha value is -2.25. The van der Waals surface area contributed by atoms with Gasteiger partial charge in [-0.1, -0.05) is 0 Å². The molecule has 7 heteroatoms. The number of benzene rings is 1. The van der Waals surface area contributed by atoms with Crippen LogP contribution in [0.3, 0.4) is 0 Å². The first kappa shape index (κ1) is 12.8. The molecule has 1 rings (SSSR count). The summed E-state index contributed by atoms with van der Waals surface area (Å²) in [4.78, 5) is 9.59. The van der Waals surface area contributed by atoms with E-state index < -0.39 is 16.4 Å². The van der Waals surface area contributed by atoms with Gasteiger partial charge in [0, 0.05) is 10.5 Å². The molecule has 0 heterocycles. The van der Waals surface area contributed by atoms with Crippen LogP contribution in [-0.2, 0) is 0 Å². The van der Waals surface area contributed by atoms with E-state index in [0.717, 1.165) is 18.2 Å². The Labute approximate surface area is 104 Å². The van der Waals surface area contributed by atoms with Crippen molar-refractivity contribution in [3.8, 4) is 12.1 Å². The fourth-order valence-electron chi connectivity index (χ4n) is 1.05. The average Bonchev–Trinajstić information content (AvgIpc) is 2.29. The second kappa shape index (κ2) is 5.19. The van der Waals surface area contributed by atoms with E-state index in [1.807, 2.05) is 0 Å². The van der Waals surface area contributed by atoms with Gasteiger partial charge in [0.25, 0.3) is 0 Å². The van der Waals surface area contributed by atoms with Crippen LogP contribution in [0.1, 0.15) is 5.56 Å². The molecule has 0 radical (unpaired) electrons. The van der Waals surface area contributed by atoms with E-state index in [0.29, 0.717) is 0 Å². The van der Waals surface area contributed by atoms with Crippen LogP contribution in [0.25, 0.3) is 6.08 Å². The minimum Gasteiger partial charge on any atom is -0.258 e. The largest absolute Gasteiger partial charge is 0.305 e. The minimum absolute atomic E-state index is 0.186. The summed E-state index contributed by atoms with van der Waals surface area (Å²) in [6.07, 6.45) is 1.14. The summed E-state index contributed by atoms with van der Waals surface area (Å²) in [6.45, 7) is 0. The molecule has 5 nitrogen and oxygen atoms in total. The van der Waals surface area contributed by atoms with Crippen LogP contribution in [0.5, 0.6) is 0 Å². The maximum Gasteiger partial charge on any atom is 0.305 e. The summed E-state index contributed by atoms with van der Waals surface area (Å²) >= 11 is 3.00. The van der Waals surface area contributed by atoms with Crippen LogP contribution in [0.2, 0.25) is 0 Å². The van der Waals surface area contributed by atoms with Crippen LogP contribution >= 0.6 is 15.9 Å². The minimum atomic E-state index is -1.03. The van der Waals surface area contributed by atoms with Gasteiger partial charge in [-0.2, -0.15) is 14.9 Å². The second-order valence-corrected chi connectivity index (χ2v) is 3.72. The zero-order valence-corrected chi connectivity index (χ0v) is 9.73. The van der Waals surface area contributed by atoms with E-state index >= 15 is 0 Å². The molecule has 0 N–H and O–H groups in total. The van der Waals surface area contributed by atoms with Crippen molar-refractivity contribution in [3.05, 3.63) is 43.7 Å². The number of rotatable bonds is 2. The molecule has 0 aliphatic carbocycles. The molecule has 0 aliphatic heterocycles. The summed E-state index contributed by atoms with van der Waals surface area (Å²) in [7, 11) is 0. The SMILES string of the molecule is N#CC(C#N)=Cc1cc(F)c([N+](=O)[O-])cc1Br. The Morgan fingerprint density at radius 3 is 2.53 bits per heavy atom. The van der Waals surface area contributed by atoms with Crippen LogP contribution in [-0.4, -0.2) is 4.92 Å². The number of nitro benzene ring substituents is 1. The van der Waals surface area contributed by atoms with Gasteiger partial charge >= 0.3 is 5.69 Å². The molecule has 0 amide bonds. The van der Waals surface area contributed by atoms with Crippen LogP contribution < -0.4 is 0 Å². The molecule has 0 fully saturated rings. The second-order valence-electron chi connectivity index (χ2n) is 2.86. The van der Waals surface area contributed by atoms with Gasteiger partial charge < -0.3 is 0 Å². The van der Waals surface area contributed by atoms with Gasteiger partial charge in [0.05, 0.1) is 4.92 Å². The van der Waals surface area contributed by atoms with Crippen molar-refractivity contribution in [2.75, 3.05) is 0 Å². The predicted molar refractivity (Wildman–Crippen MR) is 60.0 cm³/mol. The zero-order chi connectivity index (χ0) is 13.0.